The molecule has 0 unspecified atom stereocenters. The first-order valence-corrected chi connectivity index (χ1v) is 11.8. The molecule has 3 aliphatic rings. The summed E-state index contributed by atoms with van der Waals surface area (Å²) in [4.78, 5) is 24.4. The highest BCUT2D eigenvalue weighted by Crippen LogP contribution is 2.34. The predicted octanol–water partition coefficient (Wildman–Crippen LogP) is 5.23. The molecule has 2 aromatic rings. The molecule has 1 heterocycles. The maximum atomic E-state index is 13.0. The van der Waals surface area contributed by atoms with Crippen molar-refractivity contribution >= 4 is 23.1 Å². The number of fused-ring (bicyclic) bond motifs is 2. The van der Waals surface area contributed by atoms with Gasteiger partial charge >= 0.3 is 5.97 Å². The lowest BCUT2D eigenvalue weighted by Gasteiger charge is -2.18. The maximum absolute atomic E-state index is 13.0. The Morgan fingerprint density at radius 3 is 2.12 bits per heavy atom. The van der Waals surface area contributed by atoms with Gasteiger partial charge < -0.3 is 10.4 Å². The number of aryl methyl sites for hydroxylation is 4. The Morgan fingerprint density at radius 1 is 0.812 bits per heavy atom. The zero-order valence-corrected chi connectivity index (χ0v) is 18.4. The highest BCUT2D eigenvalue weighted by Gasteiger charge is 2.25. The standard InChI is InChI=1S/C28H29NO3/c30-27(31)14-13-24(22-11-9-18-5-1-3-7-20(18)15-22)25-17-26(29-28(25)32)23-12-10-19-6-2-4-8-21(19)16-23/h9-12,15-17H,1-8,13-14H2,(H,29,32)(H,30,31)/b25-24+. The molecule has 0 spiro atoms. The van der Waals surface area contributed by atoms with Crippen LogP contribution in [0.5, 0.6) is 0 Å². The quantitative estimate of drug-likeness (QED) is 0.642. The summed E-state index contributed by atoms with van der Waals surface area (Å²) in [6.45, 7) is 0. The SMILES string of the molecule is O=C(O)CC/C(=C1/C=C(c2ccc3c(c2)CCCC3)NC1=O)c1ccc2c(c1)CCCC2. The molecular formula is C28H29NO3. The molecule has 2 aromatic carbocycles. The Morgan fingerprint density at radius 2 is 1.44 bits per heavy atom. The van der Waals surface area contributed by atoms with Gasteiger partial charge in [0.25, 0.3) is 5.91 Å². The van der Waals surface area contributed by atoms with Crippen LogP contribution in [0.15, 0.2) is 48.0 Å². The van der Waals surface area contributed by atoms with E-state index in [1.165, 1.54) is 47.9 Å². The monoisotopic (exact) mass is 427 g/mol. The number of rotatable bonds is 5. The summed E-state index contributed by atoms with van der Waals surface area (Å²) in [7, 11) is 0. The highest BCUT2D eigenvalue weighted by atomic mass is 16.4. The van der Waals surface area contributed by atoms with Gasteiger partial charge in [-0.25, -0.2) is 0 Å². The molecule has 1 aliphatic heterocycles. The van der Waals surface area contributed by atoms with Crippen molar-refractivity contribution in [3.8, 4) is 0 Å². The summed E-state index contributed by atoms with van der Waals surface area (Å²) in [6, 6.07) is 12.9. The summed E-state index contributed by atoms with van der Waals surface area (Å²) in [5.41, 5.74) is 9.73. The van der Waals surface area contributed by atoms with Crippen LogP contribution in [0.2, 0.25) is 0 Å². The van der Waals surface area contributed by atoms with Crippen molar-refractivity contribution in [2.24, 2.45) is 0 Å². The first-order chi connectivity index (χ1) is 15.6. The van der Waals surface area contributed by atoms with Crippen molar-refractivity contribution in [3.63, 3.8) is 0 Å². The van der Waals surface area contributed by atoms with Crippen molar-refractivity contribution < 1.29 is 14.7 Å². The first kappa shape index (κ1) is 20.7. The van der Waals surface area contributed by atoms with E-state index in [9.17, 15) is 14.7 Å². The molecule has 0 atom stereocenters. The van der Waals surface area contributed by atoms with Gasteiger partial charge in [0, 0.05) is 17.7 Å². The number of hydrogen-bond donors (Lipinski definition) is 2. The van der Waals surface area contributed by atoms with E-state index in [1.54, 1.807) is 0 Å². The second-order valence-electron chi connectivity index (χ2n) is 9.18. The Bertz CT molecular complexity index is 1160. The average Bonchev–Trinajstić information content (AvgIpc) is 3.20. The molecule has 5 rings (SSSR count). The van der Waals surface area contributed by atoms with Crippen LogP contribution in [0.3, 0.4) is 0 Å². The van der Waals surface area contributed by atoms with E-state index in [0.717, 1.165) is 48.1 Å². The van der Waals surface area contributed by atoms with Crippen LogP contribution < -0.4 is 5.32 Å². The molecule has 32 heavy (non-hydrogen) atoms. The van der Waals surface area contributed by atoms with Crippen LogP contribution in [0.25, 0.3) is 11.3 Å². The minimum atomic E-state index is -0.849. The summed E-state index contributed by atoms with van der Waals surface area (Å²) >= 11 is 0. The third kappa shape index (κ3) is 4.14. The van der Waals surface area contributed by atoms with Gasteiger partial charge in [-0.1, -0.05) is 30.3 Å². The second-order valence-corrected chi connectivity index (χ2v) is 9.18. The molecule has 0 radical (unpaired) electrons. The van der Waals surface area contributed by atoms with Gasteiger partial charge in [-0.05, 0) is 109 Å². The molecule has 164 valence electrons. The normalized spacial score (nSPS) is 19.0. The van der Waals surface area contributed by atoms with Crippen LogP contribution in [0.1, 0.15) is 71.9 Å². The van der Waals surface area contributed by atoms with E-state index >= 15 is 0 Å². The van der Waals surface area contributed by atoms with E-state index in [1.807, 2.05) is 6.08 Å². The third-order valence-electron chi connectivity index (χ3n) is 7.05. The summed E-state index contributed by atoms with van der Waals surface area (Å²) in [5, 5.41) is 12.4. The largest absolute Gasteiger partial charge is 0.481 e. The number of carboxylic acids is 1. The predicted molar refractivity (Wildman–Crippen MR) is 126 cm³/mol. The van der Waals surface area contributed by atoms with Crippen molar-refractivity contribution in [1.82, 2.24) is 5.32 Å². The molecule has 0 fully saturated rings. The highest BCUT2D eigenvalue weighted by molar-refractivity contribution is 6.13. The minimum absolute atomic E-state index is 0.00518. The van der Waals surface area contributed by atoms with E-state index in [4.69, 9.17) is 0 Å². The molecule has 1 amide bonds. The van der Waals surface area contributed by atoms with Gasteiger partial charge in [0.05, 0.1) is 0 Å². The molecule has 4 nitrogen and oxygen atoms in total. The molecule has 2 aliphatic carbocycles. The first-order valence-electron chi connectivity index (χ1n) is 11.8. The number of benzene rings is 2. The smallest absolute Gasteiger partial charge is 0.303 e. The lowest BCUT2D eigenvalue weighted by atomic mass is 9.87. The Kier molecular flexibility index (Phi) is 5.69. The number of nitrogens with one attached hydrogen (secondary N) is 1. The molecule has 4 heteroatoms. The topological polar surface area (TPSA) is 66.4 Å². The van der Waals surface area contributed by atoms with Crippen LogP contribution in [0, 0.1) is 0 Å². The summed E-state index contributed by atoms with van der Waals surface area (Å²) in [6.07, 6.45) is 11.5. The van der Waals surface area contributed by atoms with Crippen LogP contribution >= 0.6 is 0 Å². The molecule has 0 saturated heterocycles. The van der Waals surface area contributed by atoms with Gasteiger partial charge in [0.1, 0.15) is 0 Å². The molecule has 0 saturated carbocycles. The van der Waals surface area contributed by atoms with Crippen molar-refractivity contribution in [2.75, 3.05) is 0 Å². The van der Waals surface area contributed by atoms with Gasteiger partial charge in [0.15, 0.2) is 0 Å². The van der Waals surface area contributed by atoms with Crippen LogP contribution in [0.4, 0.5) is 0 Å². The van der Waals surface area contributed by atoms with Gasteiger partial charge in [-0.3, -0.25) is 9.59 Å². The lowest BCUT2D eigenvalue weighted by Crippen LogP contribution is -2.17. The minimum Gasteiger partial charge on any atom is -0.481 e. The maximum Gasteiger partial charge on any atom is 0.303 e. The van der Waals surface area contributed by atoms with Crippen molar-refractivity contribution in [3.05, 3.63) is 81.4 Å². The Balaban J connectivity index is 1.55. The number of carbonyl (C=O) groups excluding carboxylic acids is 1. The number of aliphatic carboxylic acids is 1. The fourth-order valence-corrected chi connectivity index (χ4v) is 5.30. The Hall–Kier alpha value is -3.14. The summed E-state index contributed by atoms with van der Waals surface area (Å²) < 4.78 is 0. The van der Waals surface area contributed by atoms with Crippen molar-refractivity contribution in [1.29, 1.82) is 0 Å². The van der Waals surface area contributed by atoms with Gasteiger partial charge in [-0.2, -0.15) is 0 Å². The molecular weight excluding hydrogens is 398 g/mol. The van der Waals surface area contributed by atoms with E-state index in [2.05, 4.69) is 41.7 Å². The molecule has 0 bridgehead atoms. The number of hydrogen-bond acceptors (Lipinski definition) is 2. The summed E-state index contributed by atoms with van der Waals surface area (Å²) in [5.74, 6) is -0.991. The van der Waals surface area contributed by atoms with E-state index in [-0.39, 0.29) is 12.3 Å². The van der Waals surface area contributed by atoms with E-state index in [0.29, 0.717) is 12.0 Å². The fraction of sp³-hybridized carbons (Fsp3) is 0.357. The third-order valence-corrected chi connectivity index (χ3v) is 7.05. The second kappa shape index (κ2) is 8.78. The Labute approximate surface area is 189 Å². The molecule has 2 N–H and O–H groups in total. The zero-order chi connectivity index (χ0) is 22.1. The fourth-order valence-electron chi connectivity index (χ4n) is 5.30. The van der Waals surface area contributed by atoms with Crippen LogP contribution in [-0.4, -0.2) is 17.0 Å². The number of allylic oxidation sites excluding steroid dienone is 1. The van der Waals surface area contributed by atoms with Gasteiger partial charge in [0.2, 0.25) is 0 Å². The number of amides is 1. The van der Waals surface area contributed by atoms with Gasteiger partial charge in [-0.15, -0.1) is 0 Å². The zero-order valence-electron chi connectivity index (χ0n) is 18.4. The lowest BCUT2D eigenvalue weighted by molar-refractivity contribution is -0.136. The van der Waals surface area contributed by atoms with Crippen LogP contribution in [-0.2, 0) is 35.3 Å². The molecule has 0 aromatic heterocycles. The average molecular weight is 428 g/mol. The number of carbonyl (C=O) groups is 2. The van der Waals surface area contributed by atoms with E-state index < -0.39 is 5.97 Å². The number of carboxylic acid groups (broad SMARTS) is 1. The van der Waals surface area contributed by atoms with Crippen molar-refractivity contribution in [2.45, 2.75) is 64.2 Å².